The van der Waals surface area contributed by atoms with Crippen molar-refractivity contribution < 1.29 is 5.11 Å². The zero-order valence-electron chi connectivity index (χ0n) is 12.4. The fourth-order valence-corrected chi connectivity index (χ4v) is 2.80. The molecule has 102 valence electrons. The lowest BCUT2D eigenvalue weighted by Crippen LogP contribution is -2.05. The predicted octanol–water partition coefficient (Wildman–Crippen LogP) is 3.22. The molecule has 0 aliphatic carbocycles. The lowest BCUT2D eigenvalue weighted by molar-refractivity contribution is 0.197. The van der Waals surface area contributed by atoms with Crippen LogP contribution in [0, 0.1) is 27.7 Å². The van der Waals surface area contributed by atoms with Crippen molar-refractivity contribution in [2.45, 2.75) is 47.3 Å². The van der Waals surface area contributed by atoms with Crippen LogP contribution in [0.4, 0.5) is 0 Å². The molecule has 0 aliphatic heterocycles. The number of hydrogen-bond acceptors (Lipinski definition) is 2. The Morgan fingerprint density at radius 2 is 1.68 bits per heavy atom. The van der Waals surface area contributed by atoms with E-state index in [0.717, 1.165) is 23.5 Å². The van der Waals surface area contributed by atoms with Gasteiger partial charge in [0.15, 0.2) is 0 Å². The number of aliphatic hydroxyl groups is 1. The van der Waals surface area contributed by atoms with Crippen molar-refractivity contribution in [3.8, 4) is 0 Å². The van der Waals surface area contributed by atoms with E-state index in [4.69, 9.17) is 0 Å². The normalized spacial score (nSPS) is 12.7. The molecule has 1 atom stereocenters. The Morgan fingerprint density at radius 1 is 1.11 bits per heavy atom. The standard InChI is InChI=1S/C16H22N2O/c1-10-6-11(2)8-15(7-10)9-18-13(4)16(14(5)19)12(3)17-18/h6-8,14,19H,9H2,1-5H3. The van der Waals surface area contributed by atoms with Gasteiger partial charge in [0.2, 0.25) is 0 Å². The molecule has 0 saturated heterocycles. The Morgan fingerprint density at radius 3 is 2.16 bits per heavy atom. The predicted molar refractivity (Wildman–Crippen MR) is 77.4 cm³/mol. The topological polar surface area (TPSA) is 38.0 Å². The van der Waals surface area contributed by atoms with E-state index in [2.05, 4.69) is 37.1 Å². The molecule has 0 amide bonds. The summed E-state index contributed by atoms with van der Waals surface area (Å²) in [6, 6.07) is 6.54. The first-order chi connectivity index (χ1) is 8.88. The zero-order chi connectivity index (χ0) is 14.2. The van der Waals surface area contributed by atoms with E-state index in [-0.39, 0.29) is 0 Å². The first kappa shape index (κ1) is 13.8. The Labute approximate surface area is 114 Å². The van der Waals surface area contributed by atoms with Gasteiger partial charge in [-0.25, -0.2) is 0 Å². The van der Waals surface area contributed by atoms with Crippen LogP contribution in [0.5, 0.6) is 0 Å². The molecule has 0 saturated carbocycles. The van der Waals surface area contributed by atoms with E-state index in [9.17, 15) is 5.11 Å². The second kappa shape index (κ2) is 5.17. The molecule has 1 aromatic carbocycles. The van der Waals surface area contributed by atoms with Crippen molar-refractivity contribution >= 4 is 0 Å². The van der Waals surface area contributed by atoms with Crippen LogP contribution < -0.4 is 0 Å². The molecule has 0 aliphatic rings. The van der Waals surface area contributed by atoms with Crippen LogP contribution in [0.1, 0.15) is 46.7 Å². The maximum atomic E-state index is 9.80. The third-order valence-electron chi connectivity index (χ3n) is 3.47. The van der Waals surface area contributed by atoms with E-state index in [1.165, 1.54) is 16.7 Å². The van der Waals surface area contributed by atoms with Gasteiger partial charge in [-0.2, -0.15) is 5.10 Å². The summed E-state index contributed by atoms with van der Waals surface area (Å²) in [6.07, 6.45) is -0.465. The second-order valence-corrected chi connectivity index (χ2v) is 5.41. The summed E-state index contributed by atoms with van der Waals surface area (Å²) in [5.41, 5.74) is 6.70. The van der Waals surface area contributed by atoms with Crippen molar-refractivity contribution in [2.75, 3.05) is 0 Å². The zero-order valence-corrected chi connectivity index (χ0v) is 12.4. The minimum absolute atomic E-state index is 0.465. The number of aromatic nitrogens is 2. The fraction of sp³-hybridized carbons (Fsp3) is 0.438. The van der Waals surface area contributed by atoms with Crippen LogP contribution in [0.25, 0.3) is 0 Å². The highest BCUT2D eigenvalue weighted by molar-refractivity contribution is 5.31. The Balaban J connectivity index is 2.36. The van der Waals surface area contributed by atoms with E-state index >= 15 is 0 Å². The molecule has 1 unspecified atom stereocenters. The average molecular weight is 258 g/mol. The van der Waals surface area contributed by atoms with Crippen molar-refractivity contribution in [3.05, 3.63) is 51.8 Å². The first-order valence-electron chi connectivity index (χ1n) is 6.67. The molecule has 1 aromatic heterocycles. The molecule has 3 heteroatoms. The SMILES string of the molecule is Cc1cc(C)cc(Cn2nc(C)c(C(C)O)c2C)c1. The van der Waals surface area contributed by atoms with E-state index in [0.29, 0.717) is 0 Å². The minimum Gasteiger partial charge on any atom is -0.389 e. The average Bonchev–Trinajstić information content (AvgIpc) is 2.52. The van der Waals surface area contributed by atoms with E-state index in [1.54, 1.807) is 6.92 Å². The molecule has 2 rings (SSSR count). The number of aliphatic hydroxyl groups excluding tert-OH is 1. The van der Waals surface area contributed by atoms with Gasteiger partial charge in [-0.05, 0) is 40.2 Å². The molecule has 0 fully saturated rings. The molecule has 0 radical (unpaired) electrons. The maximum Gasteiger partial charge on any atom is 0.0797 e. The van der Waals surface area contributed by atoms with Crippen LogP contribution in [0.3, 0.4) is 0 Å². The summed E-state index contributed by atoms with van der Waals surface area (Å²) in [5.74, 6) is 0. The van der Waals surface area contributed by atoms with Crippen molar-refractivity contribution in [2.24, 2.45) is 0 Å². The largest absolute Gasteiger partial charge is 0.389 e. The highest BCUT2D eigenvalue weighted by atomic mass is 16.3. The molecular formula is C16H22N2O. The highest BCUT2D eigenvalue weighted by Gasteiger charge is 2.15. The number of benzene rings is 1. The van der Waals surface area contributed by atoms with E-state index in [1.807, 2.05) is 18.5 Å². The number of nitrogens with zero attached hydrogens (tertiary/aromatic N) is 2. The lowest BCUT2D eigenvalue weighted by Gasteiger charge is -2.09. The van der Waals surface area contributed by atoms with Gasteiger partial charge >= 0.3 is 0 Å². The van der Waals surface area contributed by atoms with Gasteiger partial charge in [0.1, 0.15) is 0 Å². The Kier molecular flexibility index (Phi) is 3.76. The van der Waals surface area contributed by atoms with Gasteiger partial charge < -0.3 is 5.11 Å². The fourth-order valence-electron chi connectivity index (χ4n) is 2.80. The number of hydrogen-bond donors (Lipinski definition) is 1. The van der Waals surface area contributed by atoms with Crippen molar-refractivity contribution in [1.82, 2.24) is 9.78 Å². The second-order valence-electron chi connectivity index (χ2n) is 5.41. The van der Waals surface area contributed by atoms with Crippen LogP contribution in [0.2, 0.25) is 0 Å². The van der Waals surface area contributed by atoms with Gasteiger partial charge in [-0.3, -0.25) is 4.68 Å². The van der Waals surface area contributed by atoms with E-state index < -0.39 is 6.10 Å². The van der Waals surface area contributed by atoms with Crippen molar-refractivity contribution in [3.63, 3.8) is 0 Å². The molecule has 1 N–H and O–H groups in total. The van der Waals surface area contributed by atoms with Crippen LogP contribution in [-0.2, 0) is 6.54 Å². The molecule has 0 spiro atoms. The minimum atomic E-state index is -0.465. The summed E-state index contributed by atoms with van der Waals surface area (Å²) >= 11 is 0. The monoisotopic (exact) mass is 258 g/mol. The highest BCUT2D eigenvalue weighted by Crippen LogP contribution is 2.22. The molecular weight excluding hydrogens is 236 g/mol. The smallest absolute Gasteiger partial charge is 0.0797 e. The summed E-state index contributed by atoms with van der Waals surface area (Å²) in [7, 11) is 0. The third-order valence-corrected chi connectivity index (χ3v) is 3.47. The molecule has 0 bridgehead atoms. The Bertz CT molecular complexity index is 577. The molecule has 2 aromatic rings. The van der Waals surface area contributed by atoms with Crippen LogP contribution >= 0.6 is 0 Å². The first-order valence-corrected chi connectivity index (χ1v) is 6.67. The van der Waals surface area contributed by atoms with Crippen LogP contribution in [-0.4, -0.2) is 14.9 Å². The summed E-state index contributed by atoms with van der Waals surface area (Å²) < 4.78 is 1.98. The van der Waals surface area contributed by atoms with Gasteiger partial charge in [0, 0.05) is 11.3 Å². The molecule has 19 heavy (non-hydrogen) atoms. The lowest BCUT2D eigenvalue weighted by atomic mass is 10.1. The van der Waals surface area contributed by atoms with Gasteiger partial charge in [-0.1, -0.05) is 29.3 Å². The van der Waals surface area contributed by atoms with Crippen molar-refractivity contribution in [1.29, 1.82) is 0 Å². The number of rotatable bonds is 3. The van der Waals surface area contributed by atoms with Gasteiger partial charge in [0.05, 0.1) is 18.3 Å². The summed E-state index contributed by atoms with van der Waals surface area (Å²) in [6.45, 7) is 10.7. The molecule has 3 nitrogen and oxygen atoms in total. The van der Waals surface area contributed by atoms with Crippen LogP contribution in [0.15, 0.2) is 18.2 Å². The maximum absolute atomic E-state index is 9.80. The van der Waals surface area contributed by atoms with Gasteiger partial charge in [0.25, 0.3) is 0 Å². The Hall–Kier alpha value is -1.61. The third kappa shape index (κ3) is 2.87. The number of aryl methyl sites for hydroxylation is 3. The summed E-state index contributed by atoms with van der Waals surface area (Å²) in [4.78, 5) is 0. The molecule has 1 heterocycles. The summed E-state index contributed by atoms with van der Waals surface area (Å²) in [5, 5.41) is 14.3. The van der Waals surface area contributed by atoms with Gasteiger partial charge in [-0.15, -0.1) is 0 Å². The quantitative estimate of drug-likeness (QED) is 0.918.